The maximum absolute atomic E-state index is 12.5. The predicted molar refractivity (Wildman–Crippen MR) is 76.2 cm³/mol. The van der Waals surface area contributed by atoms with Crippen molar-refractivity contribution in [3.63, 3.8) is 0 Å². The summed E-state index contributed by atoms with van der Waals surface area (Å²) in [5.74, 6) is 0.145. The highest BCUT2D eigenvalue weighted by Crippen LogP contribution is 2.29. The SMILES string of the molecule is CC(C)(C)C(=O)c1cc2c(cc1CC#N)CCCC2. The van der Waals surface area contributed by atoms with Gasteiger partial charge in [-0.15, -0.1) is 0 Å². The number of carbonyl (C=O) groups is 1. The van der Waals surface area contributed by atoms with E-state index in [-0.39, 0.29) is 5.78 Å². The third kappa shape index (κ3) is 2.87. The minimum atomic E-state index is -0.396. The van der Waals surface area contributed by atoms with Crippen LogP contribution in [0, 0.1) is 16.7 Å². The van der Waals surface area contributed by atoms with Gasteiger partial charge in [-0.2, -0.15) is 5.26 Å². The Morgan fingerprint density at radius 3 is 2.32 bits per heavy atom. The molecule has 2 heteroatoms. The molecule has 100 valence electrons. The Morgan fingerprint density at radius 2 is 1.79 bits per heavy atom. The van der Waals surface area contributed by atoms with Gasteiger partial charge in [0.1, 0.15) is 0 Å². The van der Waals surface area contributed by atoms with E-state index in [1.807, 2.05) is 20.8 Å². The third-order valence-corrected chi connectivity index (χ3v) is 3.76. The lowest BCUT2D eigenvalue weighted by Gasteiger charge is -2.22. The van der Waals surface area contributed by atoms with Gasteiger partial charge < -0.3 is 0 Å². The molecular weight excluding hydrogens is 234 g/mol. The Kier molecular flexibility index (Phi) is 3.75. The quantitative estimate of drug-likeness (QED) is 0.753. The summed E-state index contributed by atoms with van der Waals surface area (Å²) in [5, 5.41) is 8.97. The number of nitriles is 1. The Morgan fingerprint density at radius 1 is 1.21 bits per heavy atom. The third-order valence-electron chi connectivity index (χ3n) is 3.76. The fraction of sp³-hybridized carbons (Fsp3) is 0.529. The monoisotopic (exact) mass is 255 g/mol. The van der Waals surface area contributed by atoms with Crippen LogP contribution in [0.4, 0.5) is 0 Å². The average molecular weight is 255 g/mol. The van der Waals surface area contributed by atoms with Crippen molar-refractivity contribution in [2.75, 3.05) is 0 Å². The summed E-state index contributed by atoms with van der Waals surface area (Å²) in [6.07, 6.45) is 4.88. The highest BCUT2D eigenvalue weighted by atomic mass is 16.1. The van der Waals surface area contributed by atoms with Gasteiger partial charge >= 0.3 is 0 Å². The van der Waals surface area contributed by atoms with Crippen LogP contribution in [0.1, 0.15) is 60.7 Å². The zero-order valence-electron chi connectivity index (χ0n) is 12.0. The van der Waals surface area contributed by atoms with Crippen LogP contribution in [0.15, 0.2) is 12.1 Å². The fourth-order valence-electron chi connectivity index (χ4n) is 2.68. The van der Waals surface area contributed by atoms with Gasteiger partial charge in [-0.1, -0.05) is 26.8 Å². The molecule has 0 saturated carbocycles. The molecule has 2 nitrogen and oxygen atoms in total. The Hall–Kier alpha value is -1.62. The van der Waals surface area contributed by atoms with Crippen LogP contribution >= 0.6 is 0 Å². The first kappa shape index (κ1) is 13.8. The molecule has 0 radical (unpaired) electrons. The van der Waals surface area contributed by atoms with Crippen LogP contribution in [-0.2, 0) is 19.3 Å². The van der Waals surface area contributed by atoms with E-state index < -0.39 is 5.41 Å². The summed E-state index contributed by atoms with van der Waals surface area (Å²) in [6.45, 7) is 5.81. The van der Waals surface area contributed by atoms with Crippen LogP contribution in [0.5, 0.6) is 0 Å². The number of benzene rings is 1. The maximum Gasteiger partial charge on any atom is 0.168 e. The first-order valence-electron chi connectivity index (χ1n) is 7.00. The molecule has 0 heterocycles. The number of Topliss-reactive ketones (excluding diaryl/α,β-unsaturated/α-hetero) is 1. The number of aryl methyl sites for hydroxylation is 2. The van der Waals surface area contributed by atoms with Crippen molar-refractivity contribution in [3.05, 3.63) is 34.4 Å². The van der Waals surface area contributed by atoms with Crippen molar-refractivity contribution < 1.29 is 4.79 Å². The number of carbonyl (C=O) groups excluding carboxylic acids is 1. The van der Waals surface area contributed by atoms with Crippen molar-refractivity contribution in [1.29, 1.82) is 5.26 Å². The van der Waals surface area contributed by atoms with Crippen molar-refractivity contribution in [1.82, 2.24) is 0 Å². The Labute approximate surface area is 115 Å². The minimum absolute atomic E-state index is 0.145. The van der Waals surface area contributed by atoms with E-state index in [2.05, 4.69) is 18.2 Å². The molecular formula is C17H21NO. The molecule has 19 heavy (non-hydrogen) atoms. The molecule has 1 aromatic rings. The number of fused-ring (bicyclic) bond motifs is 1. The molecule has 0 aromatic heterocycles. The average Bonchev–Trinajstić information content (AvgIpc) is 2.36. The van der Waals surface area contributed by atoms with Crippen LogP contribution in [0.3, 0.4) is 0 Å². The number of hydrogen-bond donors (Lipinski definition) is 0. The second-order valence-corrected chi connectivity index (χ2v) is 6.40. The number of nitrogens with zero attached hydrogens (tertiary/aromatic N) is 1. The van der Waals surface area contributed by atoms with Gasteiger partial charge in [0.2, 0.25) is 0 Å². The van der Waals surface area contributed by atoms with Gasteiger partial charge in [0.25, 0.3) is 0 Å². The summed E-state index contributed by atoms with van der Waals surface area (Å²) in [4.78, 5) is 12.5. The second-order valence-electron chi connectivity index (χ2n) is 6.40. The standard InChI is InChI=1S/C17H21NO/c1-17(2,3)16(19)15-11-13-7-5-4-6-12(13)10-14(15)8-9-18/h10-11H,4-8H2,1-3H3. The topological polar surface area (TPSA) is 40.9 Å². The summed E-state index contributed by atoms with van der Waals surface area (Å²) < 4.78 is 0. The molecule has 0 saturated heterocycles. The van der Waals surface area contributed by atoms with Crippen LogP contribution in [0.2, 0.25) is 0 Å². The van der Waals surface area contributed by atoms with Crippen LogP contribution in [0.25, 0.3) is 0 Å². The van der Waals surface area contributed by atoms with Gasteiger partial charge in [0, 0.05) is 11.0 Å². The van der Waals surface area contributed by atoms with E-state index >= 15 is 0 Å². The molecule has 1 aliphatic carbocycles. The molecule has 0 spiro atoms. The van der Waals surface area contributed by atoms with Crippen molar-refractivity contribution in [3.8, 4) is 6.07 Å². The zero-order chi connectivity index (χ0) is 14.0. The van der Waals surface area contributed by atoms with Crippen LogP contribution < -0.4 is 0 Å². The van der Waals surface area contributed by atoms with Gasteiger partial charge in [-0.05, 0) is 48.4 Å². The number of rotatable bonds is 2. The van der Waals surface area contributed by atoms with Gasteiger partial charge in [0.05, 0.1) is 12.5 Å². The summed E-state index contributed by atoms with van der Waals surface area (Å²) in [5.41, 5.74) is 3.91. The van der Waals surface area contributed by atoms with E-state index in [9.17, 15) is 4.79 Å². The summed E-state index contributed by atoms with van der Waals surface area (Å²) in [6, 6.07) is 6.33. The first-order chi connectivity index (χ1) is 8.93. The lowest BCUT2D eigenvalue weighted by Crippen LogP contribution is -2.22. The first-order valence-corrected chi connectivity index (χ1v) is 7.00. The smallest absolute Gasteiger partial charge is 0.168 e. The summed E-state index contributed by atoms with van der Waals surface area (Å²) in [7, 11) is 0. The van der Waals surface area contributed by atoms with Gasteiger partial charge in [-0.3, -0.25) is 4.79 Å². The highest BCUT2D eigenvalue weighted by molar-refractivity contribution is 6.01. The normalized spacial score (nSPS) is 14.6. The molecule has 2 rings (SSSR count). The Balaban J connectivity index is 2.52. The second kappa shape index (κ2) is 5.17. The van der Waals surface area contributed by atoms with Gasteiger partial charge in [0.15, 0.2) is 5.78 Å². The van der Waals surface area contributed by atoms with Crippen molar-refractivity contribution in [2.45, 2.75) is 52.9 Å². The lowest BCUT2D eigenvalue weighted by atomic mass is 9.80. The Bertz CT molecular complexity index is 544. The largest absolute Gasteiger partial charge is 0.294 e. The predicted octanol–water partition coefficient (Wildman–Crippen LogP) is 3.86. The van der Waals surface area contributed by atoms with Crippen LogP contribution in [-0.4, -0.2) is 5.78 Å². The zero-order valence-corrected chi connectivity index (χ0v) is 12.0. The molecule has 0 atom stereocenters. The van der Waals surface area contributed by atoms with Crippen molar-refractivity contribution in [2.24, 2.45) is 5.41 Å². The minimum Gasteiger partial charge on any atom is -0.294 e. The molecule has 0 bridgehead atoms. The molecule has 0 fully saturated rings. The number of ketones is 1. The lowest BCUT2D eigenvalue weighted by molar-refractivity contribution is 0.0857. The maximum atomic E-state index is 12.5. The van der Waals surface area contributed by atoms with E-state index in [4.69, 9.17) is 5.26 Å². The van der Waals surface area contributed by atoms with E-state index in [1.54, 1.807) is 0 Å². The number of hydrogen-bond acceptors (Lipinski definition) is 2. The highest BCUT2D eigenvalue weighted by Gasteiger charge is 2.26. The summed E-state index contributed by atoms with van der Waals surface area (Å²) >= 11 is 0. The fourth-order valence-corrected chi connectivity index (χ4v) is 2.68. The van der Waals surface area contributed by atoms with E-state index in [1.165, 1.54) is 24.0 Å². The van der Waals surface area contributed by atoms with E-state index in [0.29, 0.717) is 6.42 Å². The van der Waals surface area contributed by atoms with Gasteiger partial charge in [-0.25, -0.2) is 0 Å². The molecule has 0 amide bonds. The molecule has 1 aromatic carbocycles. The molecule has 0 unspecified atom stereocenters. The molecule has 0 N–H and O–H groups in total. The van der Waals surface area contributed by atoms with E-state index in [0.717, 1.165) is 24.0 Å². The molecule has 1 aliphatic rings. The molecule has 0 aliphatic heterocycles. The van der Waals surface area contributed by atoms with Crippen molar-refractivity contribution >= 4 is 5.78 Å².